The molecule has 1 saturated heterocycles. The van der Waals surface area contributed by atoms with Crippen molar-refractivity contribution in [1.29, 1.82) is 0 Å². The van der Waals surface area contributed by atoms with Gasteiger partial charge in [0.25, 0.3) is 0 Å². The van der Waals surface area contributed by atoms with E-state index >= 15 is 0 Å². The van der Waals surface area contributed by atoms with Gasteiger partial charge in [0.05, 0.1) is 17.9 Å². The topological polar surface area (TPSA) is 87.0 Å². The fourth-order valence-electron chi connectivity index (χ4n) is 4.00. The number of nitrogens with one attached hydrogen (secondary N) is 2. The first kappa shape index (κ1) is 18.9. The summed E-state index contributed by atoms with van der Waals surface area (Å²) in [7, 11) is 2.18. The van der Waals surface area contributed by atoms with Crippen molar-refractivity contribution in [2.75, 3.05) is 20.1 Å². The number of pyridine rings is 2. The lowest BCUT2D eigenvalue weighted by Crippen LogP contribution is -2.40. The van der Waals surface area contributed by atoms with E-state index in [9.17, 15) is 0 Å². The molecule has 0 bridgehead atoms. The summed E-state index contributed by atoms with van der Waals surface area (Å²) in [5.41, 5.74) is 5.48. The smallest absolute Gasteiger partial charge is 0.155 e. The standard InChI is InChI=1S/C22H26N8/c1-15-4-3-5-18(26-15)22-21(16-6-11-30-20(12-16)24-14-25-30)27-19(28-22)13-23-17-7-9-29(2)10-8-17/h3-6,11-12,14,17,23H,7-10,13H2,1-2H3,(H,27,28). The van der Waals surface area contributed by atoms with Gasteiger partial charge < -0.3 is 15.2 Å². The van der Waals surface area contributed by atoms with Crippen LogP contribution in [0.25, 0.3) is 28.3 Å². The van der Waals surface area contributed by atoms with Gasteiger partial charge in [0.15, 0.2) is 5.65 Å². The zero-order valence-electron chi connectivity index (χ0n) is 17.3. The third kappa shape index (κ3) is 3.83. The number of rotatable bonds is 5. The lowest BCUT2D eigenvalue weighted by atomic mass is 10.1. The number of hydrogen-bond acceptors (Lipinski definition) is 6. The summed E-state index contributed by atoms with van der Waals surface area (Å²) >= 11 is 0. The SMILES string of the molecule is Cc1cccc(-c2nc(CNC3CCN(C)CC3)[nH]c2-c2ccn3ncnc3c2)n1. The van der Waals surface area contributed by atoms with E-state index in [0.29, 0.717) is 12.6 Å². The molecule has 8 nitrogen and oxygen atoms in total. The highest BCUT2D eigenvalue weighted by molar-refractivity contribution is 5.78. The Morgan fingerprint density at radius 1 is 1.17 bits per heavy atom. The van der Waals surface area contributed by atoms with Crippen LogP contribution in [0.5, 0.6) is 0 Å². The highest BCUT2D eigenvalue weighted by Crippen LogP contribution is 2.29. The second-order valence-corrected chi connectivity index (χ2v) is 8.01. The lowest BCUT2D eigenvalue weighted by Gasteiger charge is -2.29. The number of piperidine rings is 1. The molecule has 154 valence electrons. The molecule has 4 aromatic rings. The molecule has 5 heterocycles. The Kier molecular flexibility index (Phi) is 5.02. The van der Waals surface area contributed by atoms with Gasteiger partial charge in [-0.15, -0.1) is 0 Å². The van der Waals surface area contributed by atoms with E-state index in [1.807, 2.05) is 43.5 Å². The van der Waals surface area contributed by atoms with Gasteiger partial charge in [-0.05, 0) is 64.2 Å². The van der Waals surface area contributed by atoms with Gasteiger partial charge in [0.2, 0.25) is 0 Å². The maximum Gasteiger partial charge on any atom is 0.155 e. The zero-order chi connectivity index (χ0) is 20.5. The van der Waals surface area contributed by atoms with Crippen molar-refractivity contribution in [1.82, 2.24) is 39.8 Å². The fourth-order valence-corrected chi connectivity index (χ4v) is 4.00. The van der Waals surface area contributed by atoms with E-state index in [0.717, 1.165) is 52.9 Å². The van der Waals surface area contributed by atoms with Crippen LogP contribution in [0.2, 0.25) is 0 Å². The van der Waals surface area contributed by atoms with Crippen LogP contribution in [0, 0.1) is 6.92 Å². The fraction of sp³-hybridized carbons (Fsp3) is 0.364. The molecule has 8 heteroatoms. The molecule has 2 N–H and O–H groups in total. The van der Waals surface area contributed by atoms with Crippen molar-refractivity contribution in [2.24, 2.45) is 0 Å². The van der Waals surface area contributed by atoms with E-state index < -0.39 is 0 Å². The molecule has 30 heavy (non-hydrogen) atoms. The molecule has 0 spiro atoms. The predicted octanol–water partition coefficient (Wildman–Crippen LogP) is 2.67. The van der Waals surface area contributed by atoms with E-state index in [2.05, 4.69) is 32.3 Å². The molecule has 0 radical (unpaired) electrons. The molecule has 1 fully saturated rings. The number of likely N-dealkylation sites (tertiary alicyclic amines) is 1. The summed E-state index contributed by atoms with van der Waals surface area (Å²) in [6, 6.07) is 10.6. The van der Waals surface area contributed by atoms with Gasteiger partial charge in [-0.1, -0.05) is 6.07 Å². The van der Waals surface area contributed by atoms with Gasteiger partial charge >= 0.3 is 0 Å². The number of nitrogens with zero attached hydrogens (tertiary/aromatic N) is 6. The Morgan fingerprint density at radius 3 is 2.87 bits per heavy atom. The average molecular weight is 403 g/mol. The highest BCUT2D eigenvalue weighted by Gasteiger charge is 2.19. The number of imidazole rings is 1. The van der Waals surface area contributed by atoms with Crippen molar-refractivity contribution in [2.45, 2.75) is 32.4 Å². The predicted molar refractivity (Wildman–Crippen MR) is 116 cm³/mol. The average Bonchev–Trinajstić information content (AvgIpc) is 3.40. The van der Waals surface area contributed by atoms with Crippen LogP contribution in [-0.2, 0) is 6.54 Å². The summed E-state index contributed by atoms with van der Waals surface area (Å²) in [4.78, 5) is 19.9. The molecule has 0 saturated carbocycles. The van der Waals surface area contributed by atoms with Crippen molar-refractivity contribution < 1.29 is 0 Å². The Balaban J connectivity index is 1.47. The largest absolute Gasteiger partial charge is 0.340 e. The molecule has 0 unspecified atom stereocenters. The summed E-state index contributed by atoms with van der Waals surface area (Å²) < 4.78 is 1.76. The molecule has 4 aromatic heterocycles. The van der Waals surface area contributed by atoms with E-state index in [-0.39, 0.29) is 0 Å². The Morgan fingerprint density at radius 2 is 2.03 bits per heavy atom. The normalized spacial score (nSPS) is 15.8. The van der Waals surface area contributed by atoms with Crippen LogP contribution in [0.15, 0.2) is 42.9 Å². The Labute approximate surface area is 175 Å². The van der Waals surface area contributed by atoms with Gasteiger partial charge in [0, 0.05) is 23.5 Å². The third-order valence-corrected chi connectivity index (χ3v) is 5.73. The molecule has 0 aliphatic carbocycles. The monoisotopic (exact) mass is 402 g/mol. The van der Waals surface area contributed by atoms with Gasteiger partial charge in [-0.3, -0.25) is 4.98 Å². The third-order valence-electron chi connectivity index (χ3n) is 5.73. The summed E-state index contributed by atoms with van der Waals surface area (Å²) in [6.07, 6.45) is 5.81. The lowest BCUT2D eigenvalue weighted by molar-refractivity contribution is 0.233. The van der Waals surface area contributed by atoms with Crippen LogP contribution >= 0.6 is 0 Å². The summed E-state index contributed by atoms with van der Waals surface area (Å²) in [5.74, 6) is 0.920. The first-order chi connectivity index (χ1) is 14.7. The minimum Gasteiger partial charge on any atom is -0.340 e. The van der Waals surface area contributed by atoms with Crippen LogP contribution in [0.3, 0.4) is 0 Å². The number of fused-ring (bicyclic) bond motifs is 1. The molecule has 0 atom stereocenters. The Hall–Kier alpha value is -3.10. The molecular formula is C22H26N8. The quantitative estimate of drug-likeness (QED) is 0.534. The number of H-pyrrole nitrogens is 1. The van der Waals surface area contributed by atoms with Crippen molar-refractivity contribution >= 4 is 5.65 Å². The molecule has 1 aliphatic rings. The van der Waals surface area contributed by atoms with Crippen LogP contribution < -0.4 is 5.32 Å². The van der Waals surface area contributed by atoms with Gasteiger partial charge in [0.1, 0.15) is 17.8 Å². The maximum atomic E-state index is 4.93. The van der Waals surface area contributed by atoms with E-state index in [1.165, 1.54) is 12.8 Å². The highest BCUT2D eigenvalue weighted by atomic mass is 15.3. The minimum atomic E-state index is 0.530. The number of hydrogen-bond donors (Lipinski definition) is 2. The number of aryl methyl sites for hydroxylation is 1. The van der Waals surface area contributed by atoms with Crippen LogP contribution in [-0.4, -0.2) is 60.6 Å². The molecule has 0 amide bonds. The minimum absolute atomic E-state index is 0.530. The molecular weight excluding hydrogens is 376 g/mol. The van der Waals surface area contributed by atoms with E-state index in [1.54, 1.807) is 10.8 Å². The van der Waals surface area contributed by atoms with E-state index in [4.69, 9.17) is 9.97 Å². The van der Waals surface area contributed by atoms with Crippen molar-refractivity contribution in [3.8, 4) is 22.6 Å². The zero-order valence-corrected chi connectivity index (χ0v) is 17.3. The Bertz CT molecular complexity index is 1150. The second-order valence-electron chi connectivity index (χ2n) is 8.01. The molecule has 5 rings (SSSR count). The van der Waals surface area contributed by atoms with Gasteiger partial charge in [-0.25, -0.2) is 14.5 Å². The first-order valence-electron chi connectivity index (χ1n) is 10.4. The number of aromatic amines is 1. The van der Waals surface area contributed by atoms with Crippen LogP contribution in [0.1, 0.15) is 24.4 Å². The number of aromatic nitrogens is 6. The van der Waals surface area contributed by atoms with Gasteiger partial charge in [-0.2, -0.15) is 5.10 Å². The summed E-state index contributed by atoms with van der Waals surface area (Å²) in [5, 5.41) is 7.86. The van der Waals surface area contributed by atoms with Crippen molar-refractivity contribution in [3.05, 3.63) is 54.4 Å². The first-order valence-corrected chi connectivity index (χ1v) is 10.4. The van der Waals surface area contributed by atoms with Crippen molar-refractivity contribution in [3.63, 3.8) is 0 Å². The second kappa shape index (κ2) is 7.97. The molecule has 1 aliphatic heterocycles. The van der Waals surface area contributed by atoms with Crippen LogP contribution in [0.4, 0.5) is 0 Å². The molecule has 0 aromatic carbocycles. The maximum absolute atomic E-state index is 4.93. The summed E-state index contributed by atoms with van der Waals surface area (Å²) in [6.45, 7) is 4.98.